The summed E-state index contributed by atoms with van der Waals surface area (Å²) >= 11 is 11.8. The second kappa shape index (κ2) is 4.36. The average Bonchev–Trinajstić information content (AvgIpc) is 2.22. The number of benzene rings is 2. The molecule has 0 spiro atoms. The maximum atomic E-state index is 9.35. The number of halogens is 2. The molecule has 2 aromatic carbocycles. The largest absolute Gasteiger partial charge is 0.506 e. The molecule has 0 atom stereocenters. The maximum absolute atomic E-state index is 9.35. The lowest BCUT2D eigenvalue weighted by atomic mass is 10.0. The standard InChI is InChI=1S/C13H10Cl2O/c1-8-6-10(14)3-4-11(8)9-2-5-13(16)12(15)7-9/h2-7,16H,1H3. The molecule has 0 bridgehead atoms. The molecule has 2 aromatic rings. The summed E-state index contributed by atoms with van der Waals surface area (Å²) < 4.78 is 0. The Labute approximate surface area is 104 Å². The molecular formula is C13H10Cl2O. The molecule has 16 heavy (non-hydrogen) atoms. The fourth-order valence-corrected chi connectivity index (χ4v) is 2.03. The minimum absolute atomic E-state index is 0.0945. The van der Waals surface area contributed by atoms with E-state index in [4.69, 9.17) is 23.2 Å². The third kappa shape index (κ3) is 2.16. The Morgan fingerprint density at radius 2 is 1.75 bits per heavy atom. The zero-order chi connectivity index (χ0) is 11.7. The highest BCUT2D eigenvalue weighted by Gasteiger charge is 2.05. The van der Waals surface area contributed by atoms with Crippen LogP contribution in [-0.2, 0) is 0 Å². The number of hydrogen-bond acceptors (Lipinski definition) is 1. The quantitative estimate of drug-likeness (QED) is 0.782. The van der Waals surface area contributed by atoms with Gasteiger partial charge in [0.2, 0.25) is 0 Å². The fourth-order valence-electron chi connectivity index (χ4n) is 1.63. The van der Waals surface area contributed by atoms with Crippen molar-refractivity contribution in [2.75, 3.05) is 0 Å². The molecule has 0 amide bonds. The summed E-state index contributed by atoms with van der Waals surface area (Å²) in [6.07, 6.45) is 0. The lowest BCUT2D eigenvalue weighted by Gasteiger charge is -2.07. The van der Waals surface area contributed by atoms with Crippen LogP contribution in [0, 0.1) is 6.92 Å². The highest BCUT2D eigenvalue weighted by atomic mass is 35.5. The van der Waals surface area contributed by atoms with Crippen molar-refractivity contribution in [1.82, 2.24) is 0 Å². The maximum Gasteiger partial charge on any atom is 0.134 e. The molecule has 0 aromatic heterocycles. The first-order valence-electron chi connectivity index (χ1n) is 4.83. The molecule has 0 aliphatic carbocycles. The first kappa shape index (κ1) is 11.3. The van der Waals surface area contributed by atoms with E-state index in [2.05, 4.69) is 0 Å². The molecule has 0 unspecified atom stereocenters. The van der Waals surface area contributed by atoms with Crippen LogP contribution in [0.2, 0.25) is 10.0 Å². The zero-order valence-electron chi connectivity index (χ0n) is 8.67. The summed E-state index contributed by atoms with van der Waals surface area (Å²) in [7, 11) is 0. The Kier molecular flexibility index (Phi) is 3.08. The van der Waals surface area contributed by atoms with Crippen LogP contribution in [0.5, 0.6) is 5.75 Å². The molecule has 0 saturated carbocycles. The number of rotatable bonds is 1. The molecule has 3 heteroatoms. The zero-order valence-corrected chi connectivity index (χ0v) is 10.2. The van der Waals surface area contributed by atoms with Crippen molar-refractivity contribution in [3.63, 3.8) is 0 Å². The van der Waals surface area contributed by atoms with Gasteiger partial charge in [-0.25, -0.2) is 0 Å². The van der Waals surface area contributed by atoms with Crippen molar-refractivity contribution >= 4 is 23.2 Å². The molecule has 0 heterocycles. The lowest BCUT2D eigenvalue weighted by Crippen LogP contribution is -1.83. The van der Waals surface area contributed by atoms with Crippen LogP contribution in [0.25, 0.3) is 11.1 Å². The SMILES string of the molecule is Cc1cc(Cl)ccc1-c1ccc(O)c(Cl)c1. The first-order valence-corrected chi connectivity index (χ1v) is 5.58. The number of hydrogen-bond donors (Lipinski definition) is 1. The Hall–Kier alpha value is -1.18. The summed E-state index contributed by atoms with van der Waals surface area (Å²) in [6.45, 7) is 1.99. The van der Waals surface area contributed by atoms with Crippen LogP contribution in [0.4, 0.5) is 0 Å². The fraction of sp³-hybridized carbons (Fsp3) is 0.0769. The van der Waals surface area contributed by atoms with E-state index in [1.807, 2.05) is 31.2 Å². The third-order valence-corrected chi connectivity index (χ3v) is 2.98. The summed E-state index contributed by atoms with van der Waals surface area (Å²) in [4.78, 5) is 0. The van der Waals surface area contributed by atoms with Crippen LogP contribution in [0.1, 0.15) is 5.56 Å². The van der Waals surface area contributed by atoms with Gasteiger partial charge in [-0.1, -0.05) is 35.3 Å². The van der Waals surface area contributed by atoms with Gasteiger partial charge in [0.1, 0.15) is 5.75 Å². The van der Waals surface area contributed by atoms with Crippen molar-refractivity contribution < 1.29 is 5.11 Å². The third-order valence-electron chi connectivity index (χ3n) is 2.45. The number of phenolic OH excluding ortho intramolecular Hbond substituents is 1. The minimum Gasteiger partial charge on any atom is -0.506 e. The Balaban J connectivity index is 2.54. The Morgan fingerprint density at radius 3 is 2.38 bits per heavy atom. The Morgan fingerprint density at radius 1 is 1.00 bits per heavy atom. The van der Waals surface area contributed by atoms with E-state index in [0.29, 0.717) is 10.0 Å². The molecule has 0 aliphatic rings. The highest BCUT2D eigenvalue weighted by molar-refractivity contribution is 6.32. The van der Waals surface area contributed by atoms with Crippen LogP contribution >= 0.6 is 23.2 Å². The molecule has 1 N–H and O–H groups in total. The van der Waals surface area contributed by atoms with Crippen LogP contribution in [-0.4, -0.2) is 5.11 Å². The molecule has 82 valence electrons. The summed E-state index contributed by atoms with van der Waals surface area (Å²) in [5.74, 6) is 0.0945. The van der Waals surface area contributed by atoms with Crippen molar-refractivity contribution in [2.45, 2.75) is 6.92 Å². The summed E-state index contributed by atoms with van der Waals surface area (Å²) in [5, 5.41) is 10.4. The second-order valence-corrected chi connectivity index (χ2v) is 4.47. The summed E-state index contributed by atoms with van der Waals surface area (Å²) in [5.41, 5.74) is 3.11. The number of aromatic hydroxyl groups is 1. The van der Waals surface area contributed by atoms with Gasteiger partial charge in [-0.05, 0) is 47.9 Å². The Bertz CT molecular complexity index is 535. The second-order valence-electron chi connectivity index (χ2n) is 3.63. The van der Waals surface area contributed by atoms with Gasteiger partial charge in [-0.2, -0.15) is 0 Å². The van der Waals surface area contributed by atoms with Crippen LogP contribution in [0.15, 0.2) is 36.4 Å². The van der Waals surface area contributed by atoms with E-state index in [0.717, 1.165) is 16.7 Å². The topological polar surface area (TPSA) is 20.2 Å². The molecule has 0 fully saturated rings. The van der Waals surface area contributed by atoms with E-state index in [9.17, 15) is 5.11 Å². The monoisotopic (exact) mass is 252 g/mol. The summed E-state index contributed by atoms with van der Waals surface area (Å²) in [6, 6.07) is 10.8. The molecule has 0 aliphatic heterocycles. The lowest BCUT2D eigenvalue weighted by molar-refractivity contribution is 0.475. The number of aryl methyl sites for hydroxylation is 1. The van der Waals surface area contributed by atoms with E-state index < -0.39 is 0 Å². The van der Waals surface area contributed by atoms with Crippen molar-refractivity contribution in [3.05, 3.63) is 52.0 Å². The van der Waals surface area contributed by atoms with Gasteiger partial charge in [0.25, 0.3) is 0 Å². The normalized spacial score (nSPS) is 10.4. The first-order chi connectivity index (χ1) is 7.58. The van der Waals surface area contributed by atoms with Crippen LogP contribution < -0.4 is 0 Å². The van der Waals surface area contributed by atoms with Gasteiger partial charge >= 0.3 is 0 Å². The molecule has 0 radical (unpaired) electrons. The van der Waals surface area contributed by atoms with Gasteiger partial charge in [-0.15, -0.1) is 0 Å². The van der Waals surface area contributed by atoms with E-state index in [1.165, 1.54) is 0 Å². The van der Waals surface area contributed by atoms with E-state index in [1.54, 1.807) is 12.1 Å². The van der Waals surface area contributed by atoms with E-state index in [-0.39, 0.29) is 5.75 Å². The van der Waals surface area contributed by atoms with Crippen LogP contribution in [0.3, 0.4) is 0 Å². The van der Waals surface area contributed by atoms with Gasteiger partial charge in [0.15, 0.2) is 0 Å². The van der Waals surface area contributed by atoms with Gasteiger partial charge in [-0.3, -0.25) is 0 Å². The minimum atomic E-state index is 0.0945. The predicted molar refractivity (Wildman–Crippen MR) is 68.3 cm³/mol. The van der Waals surface area contributed by atoms with Crippen molar-refractivity contribution in [2.24, 2.45) is 0 Å². The molecule has 1 nitrogen and oxygen atoms in total. The van der Waals surface area contributed by atoms with Gasteiger partial charge in [0.05, 0.1) is 5.02 Å². The number of phenols is 1. The predicted octanol–water partition coefficient (Wildman–Crippen LogP) is 4.67. The van der Waals surface area contributed by atoms with Crippen molar-refractivity contribution in [1.29, 1.82) is 0 Å². The molecule has 0 saturated heterocycles. The van der Waals surface area contributed by atoms with Crippen molar-refractivity contribution in [3.8, 4) is 16.9 Å². The smallest absolute Gasteiger partial charge is 0.134 e. The van der Waals surface area contributed by atoms with E-state index >= 15 is 0 Å². The molecule has 2 rings (SSSR count). The van der Waals surface area contributed by atoms with Gasteiger partial charge < -0.3 is 5.11 Å². The molecular weight excluding hydrogens is 243 g/mol. The average molecular weight is 253 g/mol. The highest BCUT2D eigenvalue weighted by Crippen LogP contribution is 2.31. The van der Waals surface area contributed by atoms with Gasteiger partial charge in [0, 0.05) is 5.02 Å².